The van der Waals surface area contributed by atoms with E-state index in [2.05, 4.69) is 49.0 Å². The number of hydrogen-bond donors (Lipinski definition) is 1. The van der Waals surface area contributed by atoms with Gasteiger partial charge in [-0.2, -0.15) is 0 Å². The summed E-state index contributed by atoms with van der Waals surface area (Å²) in [4.78, 5) is 8.78. The van der Waals surface area contributed by atoms with Gasteiger partial charge in [-0.15, -0.1) is 0 Å². The zero-order valence-electron chi connectivity index (χ0n) is 10.9. The van der Waals surface area contributed by atoms with Gasteiger partial charge in [-0.1, -0.05) is 13.8 Å². The summed E-state index contributed by atoms with van der Waals surface area (Å²) in [5.74, 6) is 0.423. The molecule has 0 unspecified atom stereocenters. The lowest BCUT2D eigenvalue weighted by Crippen LogP contribution is -2.11. The van der Waals surface area contributed by atoms with E-state index in [1.54, 1.807) is 0 Å². The molecule has 2 rings (SSSR count). The van der Waals surface area contributed by atoms with Gasteiger partial charge >= 0.3 is 0 Å². The third kappa shape index (κ3) is 2.54. The van der Waals surface area contributed by atoms with Crippen LogP contribution in [0.4, 0.5) is 5.69 Å². The van der Waals surface area contributed by atoms with Crippen molar-refractivity contribution in [2.75, 3.05) is 5.32 Å². The fourth-order valence-corrected chi connectivity index (χ4v) is 1.83. The van der Waals surface area contributed by atoms with E-state index in [1.807, 2.05) is 18.5 Å². The molecule has 0 aliphatic heterocycles. The smallest absolute Gasteiger partial charge is 0.0909 e. The molecule has 17 heavy (non-hydrogen) atoms. The van der Waals surface area contributed by atoms with Crippen LogP contribution in [0, 0.1) is 0 Å². The van der Waals surface area contributed by atoms with E-state index in [0.717, 1.165) is 22.3 Å². The standard InChI is InChI=1S/C14H19N3/c1-9(2)12-7-13(16-10(3)4)11-5-6-15-8-14(11)17-12/h5-10H,1-4H3,(H,16,17). The maximum atomic E-state index is 4.64. The molecule has 0 aliphatic rings. The van der Waals surface area contributed by atoms with Crippen LogP contribution in [-0.2, 0) is 0 Å². The fraction of sp³-hybridized carbons (Fsp3) is 0.429. The summed E-state index contributed by atoms with van der Waals surface area (Å²) in [6.07, 6.45) is 3.64. The van der Waals surface area contributed by atoms with Crippen LogP contribution in [0.5, 0.6) is 0 Å². The van der Waals surface area contributed by atoms with Crippen molar-refractivity contribution < 1.29 is 0 Å². The highest BCUT2D eigenvalue weighted by Gasteiger charge is 2.08. The number of pyridine rings is 2. The lowest BCUT2D eigenvalue weighted by Gasteiger charge is -2.15. The molecular formula is C14H19N3. The Morgan fingerprint density at radius 2 is 1.94 bits per heavy atom. The molecule has 0 fully saturated rings. The summed E-state index contributed by atoms with van der Waals surface area (Å²) in [5.41, 5.74) is 3.21. The van der Waals surface area contributed by atoms with Gasteiger partial charge < -0.3 is 5.32 Å². The molecule has 90 valence electrons. The maximum Gasteiger partial charge on any atom is 0.0909 e. The second kappa shape index (κ2) is 4.70. The molecule has 3 heteroatoms. The monoisotopic (exact) mass is 229 g/mol. The van der Waals surface area contributed by atoms with Crippen LogP contribution in [0.25, 0.3) is 10.9 Å². The lowest BCUT2D eigenvalue weighted by atomic mass is 10.1. The van der Waals surface area contributed by atoms with Crippen molar-refractivity contribution in [2.24, 2.45) is 0 Å². The van der Waals surface area contributed by atoms with Gasteiger partial charge in [-0.05, 0) is 31.9 Å². The first kappa shape index (κ1) is 11.8. The lowest BCUT2D eigenvalue weighted by molar-refractivity contribution is 0.827. The number of fused-ring (bicyclic) bond motifs is 1. The van der Waals surface area contributed by atoms with Crippen molar-refractivity contribution in [1.29, 1.82) is 0 Å². The molecule has 0 atom stereocenters. The Morgan fingerprint density at radius 3 is 2.59 bits per heavy atom. The molecule has 0 radical (unpaired) electrons. The van der Waals surface area contributed by atoms with E-state index >= 15 is 0 Å². The average Bonchev–Trinajstić information content (AvgIpc) is 2.28. The van der Waals surface area contributed by atoms with Gasteiger partial charge in [-0.3, -0.25) is 9.97 Å². The molecule has 2 aromatic heterocycles. The van der Waals surface area contributed by atoms with Crippen molar-refractivity contribution in [1.82, 2.24) is 9.97 Å². The zero-order valence-corrected chi connectivity index (χ0v) is 10.9. The van der Waals surface area contributed by atoms with Crippen molar-refractivity contribution in [2.45, 2.75) is 39.7 Å². The molecule has 0 aromatic carbocycles. The number of aromatic nitrogens is 2. The van der Waals surface area contributed by atoms with Crippen LogP contribution in [0.2, 0.25) is 0 Å². The van der Waals surface area contributed by atoms with E-state index in [0.29, 0.717) is 12.0 Å². The number of nitrogens with zero attached hydrogens (tertiary/aromatic N) is 2. The van der Waals surface area contributed by atoms with Crippen LogP contribution in [0.3, 0.4) is 0 Å². The first-order valence-corrected chi connectivity index (χ1v) is 6.09. The number of rotatable bonds is 3. The molecule has 3 nitrogen and oxygen atoms in total. The van der Waals surface area contributed by atoms with Gasteiger partial charge in [0.05, 0.1) is 11.7 Å². The van der Waals surface area contributed by atoms with E-state index in [9.17, 15) is 0 Å². The fourth-order valence-electron chi connectivity index (χ4n) is 1.83. The minimum atomic E-state index is 0.411. The third-order valence-electron chi connectivity index (χ3n) is 2.67. The van der Waals surface area contributed by atoms with Gasteiger partial charge in [0, 0.05) is 29.0 Å². The van der Waals surface area contributed by atoms with Crippen LogP contribution in [0.1, 0.15) is 39.3 Å². The zero-order chi connectivity index (χ0) is 12.4. The first-order chi connectivity index (χ1) is 8.08. The molecule has 1 N–H and O–H groups in total. The predicted octanol–water partition coefficient (Wildman–Crippen LogP) is 3.57. The quantitative estimate of drug-likeness (QED) is 0.874. The first-order valence-electron chi connectivity index (χ1n) is 6.09. The SMILES string of the molecule is CC(C)Nc1cc(C(C)C)nc2cnccc12. The van der Waals surface area contributed by atoms with Gasteiger partial charge in [0.2, 0.25) is 0 Å². The van der Waals surface area contributed by atoms with Crippen LogP contribution < -0.4 is 5.32 Å². The Kier molecular flexibility index (Phi) is 3.27. The van der Waals surface area contributed by atoms with Gasteiger partial charge in [0.25, 0.3) is 0 Å². The summed E-state index contributed by atoms with van der Waals surface area (Å²) >= 11 is 0. The minimum absolute atomic E-state index is 0.411. The Hall–Kier alpha value is -1.64. The summed E-state index contributed by atoms with van der Waals surface area (Å²) in [6.45, 7) is 8.60. The summed E-state index contributed by atoms with van der Waals surface area (Å²) in [7, 11) is 0. The maximum absolute atomic E-state index is 4.64. The Labute approximate surface area is 102 Å². The van der Waals surface area contributed by atoms with E-state index in [4.69, 9.17) is 0 Å². The topological polar surface area (TPSA) is 37.8 Å². The second-order valence-electron chi connectivity index (χ2n) is 4.94. The molecule has 2 aromatic rings. The molecule has 0 saturated carbocycles. The van der Waals surface area contributed by atoms with Crippen molar-refractivity contribution >= 4 is 16.6 Å². The highest BCUT2D eigenvalue weighted by molar-refractivity contribution is 5.90. The highest BCUT2D eigenvalue weighted by atomic mass is 14.9. The largest absolute Gasteiger partial charge is 0.382 e. The van der Waals surface area contributed by atoms with Crippen LogP contribution >= 0.6 is 0 Å². The second-order valence-corrected chi connectivity index (χ2v) is 4.94. The molecule has 0 aliphatic carbocycles. The highest BCUT2D eigenvalue weighted by Crippen LogP contribution is 2.26. The van der Waals surface area contributed by atoms with Gasteiger partial charge in [-0.25, -0.2) is 0 Å². The van der Waals surface area contributed by atoms with Crippen LogP contribution in [-0.4, -0.2) is 16.0 Å². The third-order valence-corrected chi connectivity index (χ3v) is 2.67. The molecule has 0 saturated heterocycles. The Morgan fingerprint density at radius 1 is 1.18 bits per heavy atom. The predicted molar refractivity (Wildman–Crippen MR) is 72.4 cm³/mol. The molecular weight excluding hydrogens is 210 g/mol. The summed E-state index contributed by atoms with van der Waals surface area (Å²) in [5, 5.41) is 4.61. The normalized spacial score (nSPS) is 11.4. The van der Waals surface area contributed by atoms with E-state index < -0.39 is 0 Å². The number of hydrogen-bond acceptors (Lipinski definition) is 3. The molecule has 0 amide bonds. The minimum Gasteiger partial charge on any atom is -0.382 e. The van der Waals surface area contributed by atoms with Gasteiger partial charge in [0.1, 0.15) is 0 Å². The van der Waals surface area contributed by atoms with E-state index in [-0.39, 0.29) is 0 Å². The van der Waals surface area contributed by atoms with Crippen molar-refractivity contribution in [3.8, 4) is 0 Å². The average molecular weight is 229 g/mol. The Bertz CT molecular complexity index is 518. The number of anilines is 1. The summed E-state index contributed by atoms with van der Waals surface area (Å²) in [6, 6.07) is 4.57. The van der Waals surface area contributed by atoms with Gasteiger partial charge in [0.15, 0.2) is 0 Å². The molecule has 0 bridgehead atoms. The van der Waals surface area contributed by atoms with Crippen molar-refractivity contribution in [3.63, 3.8) is 0 Å². The van der Waals surface area contributed by atoms with Crippen molar-refractivity contribution in [3.05, 3.63) is 30.2 Å². The Balaban J connectivity index is 2.60. The van der Waals surface area contributed by atoms with E-state index in [1.165, 1.54) is 0 Å². The molecule has 2 heterocycles. The summed E-state index contributed by atoms with van der Waals surface area (Å²) < 4.78 is 0. The van der Waals surface area contributed by atoms with Crippen LogP contribution in [0.15, 0.2) is 24.5 Å². The molecule has 0 spiro atoms. The number of nitrogens with one attached hydrogen (secondary N) is 1.